The number of ether oxygens (including phenoxy) is 1. The van der Waals surface area contributed by atoms with Crippen molar-refractivity contribution in [2.75, 3.05) is 11.9 Å². The quantitative estimate of drug-likeness (QED) is 0.759. The van der Waals surface area contributed by atoms with E-state index in [1.807, 2.05) is 30.3 Å². The SMILES string of the molecule is CCCOc1ccc(C(=O)Nc2ccccc2C(C)CC)cc1. The van der Waals surface area contributed by atoms with Crippen molar-refractivity contribution in [1.82, 2.24) is 0 Å². The molecule has 0 aromatic heterocycles. The molecule has 0 aliphatic heterocycles. The normalized spacial score (nSPS) is 11.8. The summed E-state index contributed by atoms with van der Waals surface area (Å²) in [6.07, 6.45) is 2.00. The van der Waals surface area contributed by atoms with Gasteiger partial charge in [-0.15, -0.1) is 0 Å². The van der Waals surface area contributed by atoms with Crippen molar-refractivity contribution >= 4 is 11.6 Å². The minimum Gasteiger partial charge on any atom is -0.494 e. The Morgan fingerprint density at radius 3 is 2.43 bits per heavy atom. The van der Waals surface area contributed by atoms with Gasteiger partial charge in [0.15, 0.2) is 0 Å². The van der Waals surface area contributed by atoms with Crippen LogP contribution in [0, 0.1) is 0 Å². The number of nitrogens with one attached hydrogen (secondary N) is 1. The average molecular weight is 311 g/mol. The van der Waals surface area contributed by atoms with Crippen LogP contribution < -0.4 is 10.1 Å². The molecule has 0 saturated heterocycles. The summed E-state index contributed by atoms with van der Waals surface area (Å²) < 4.78 is 5.54. The van der Waals surface area contributed by atoms with Gasteiger partial charge in [0, 0.05) is 11.3 Å². The molecule has 0 aliphatic rings. The minimum atomic E-state index is -0.0946. The van der Waals surface area contributed by atoms with Gasteiger partial charge in [0.25, 0.3) is 5.91 Å². The molecule has 1 atom stereocenters. The zero-order chi connectivity index (χ0) is 16.7. The molecule has 2 aromatic carbocycles. The van der Waals surface area contributed by atoms with E-state index in [0.29, 0.717) is 18.1 Å². The van der Waals surface area contributed by atoms with Crippen LogP contribution >= 0.6 is 0 Å². The van der Waals surface area contributed by atoms with Crippen molar-refractivity contribution in [3.05, 3.63) is 59.7 Å². The molecular weight excluding hydrogens is 286 g/mol. The van der Waals surface area contributed by atoms with Gasteiger partial charge in [-0.05, 0) is 54.7 Å². The van der Waals surface area contributed by atoms with Gasteiger partial charge in [-0.1, -0.05) is 39.0 Å². The lowest BCUT2D eigenvalue weighted by atomic mass is 9.97. The van der Waals surface area contributed by atoms with Crippen LogP contribution in [-0.4, -0.2) is 12.5 Å². The molecule has 2 aromatic rings. The first-order valence-electron chi connectivity index (χ1n) is 8.28. The first-order valence-corrected chi connectivity index (χ1v) is 8.28. The number of anilines is 1. The molecule has 2 rings (SSSR count). The third-order valence-electron chi connectivity index (χ3n) is 3.94. The third kappa shape index (κ3) is 4.59. The number of amides is 1. The van der Waals surface area contributed by atoms with Crippen LogP contribution in [0.1, 0.15) is 55.5 Å². The molecule has 0 spiro atoms. The average Bonchev–Trinajstić information content (AvgIpc) is 2.60. The highest BCUT2D eigenvalue weighted by atomic mass is 16.5. The molecule has 1 unspecified atom stereocenters. The summed E-state index contributed by atoms with van der Waals surface area (Å²) in [6, 6.07) is 15.3. The zero-order valence-corrected chi connectivity index (χ0v) is 14.1. The monoisotopic (exact) mass is 311 g/mol. The fourth-order valence-corrected chi connectivity index (χ4v) is 2.38. The van der Waals surface area contributed by atoms with Gasteiger partial charge in [0.05, 0.1) is 6.61 Å². The van der Waals surface area contributed by atoms with Crippen molar-refractivity contribution in [2.24, 2.45) is 0 Å². The Morgan fingerprint density at radius 2 is 1.78 bits per heavy atom. The van der Waals surface area contributed by atoms with Gasteiger partial charge in [0.2, 0.25) is 0 Å². The van der Waals surface area contributed by atoms with E-state index in [0.717, 1.165) is 24.3 Å². The predicted octanol–water partition coefficient (Wildman–Crippen LogP) is 5.24. The molecule has 0 fully saturated rings. The second kappa shape index (κ2) is 8.37. The number of carbonyl (C=O) groups is 1. The highest BCUT2D eigenvalue weighted by Gasteiger charge is 2.12. The van der Waals surface area contributed by atoms with Crippen LogP contribution in [0.25, 0.3) is 0 Å². The number of carbonyl (C=O) groups excluding carboxylic acids is 1. The highest BCUT2D eigenvalue weighted by molar-refractivity contribution is 6.04. The smallest absolute Gasteiger partial charge is 0.255 e. The molecular formula is C20H25NO2. The molecule has 1 amide bonds. The van der Waals surface area contributed by atoms with Crippen LogP contribution in [0.4, 0.5) is 5.69 Å². The Bertz CT molecular complexity index is 634. The van der Waals surface area contributed by atoms with Crippen LogP contribution in [0.5, 0.6) is 5.75 Å². The topological polar surface area (TPSA) is 38.3 Å². The lowest BCUT2D eigenvalue weighted by Crippen LogP contribution is -2.13. The molecule has 0 radical (unpaired) electrons. The van der Waals surface area contributed by atoms with E-state index in [-0.39, 0.29) is 5.91 Å². The van der Waals surface area contributed by atoms with E-state index in [4.69, 9.17) is 4.74 Å². The number of rotatable bonds is 7. The van der Waals surface area contributed by atoms with Crippen molar-refractivity contribution in [3.63, 3.8) is 0 Å². The summed E-state index contributed by atoms with van der Waals surface area (Å²) in [5.74, 6) is 1.11. The van der Waals surface area contributed by atoms with Crippen LogP contribution in [0.15, 0.2) is 48.5 Å². The fraction of sp³-hybridized carbons (Fsp3) is 0.350. The third-order valence-corrected chi connectivity index (χ3v) is 3.94. The Hall–Kier alpha value is -2.29. The van der Waals surface area contributed by atoms with E-state index < -0.39 is 0 Å². The predicted molar refractivity (Wildman–Crippen MR) is 95.3 cm³/mol. The lowest BCUT2D eigenvalue weighted by molar-refractivity contribution is 0.102. The maximum absolute atomic E-state index is 12.5. The first-order chi connectivity index (χ1) is 11.2. The lowest BCUT2D eigenvalue weighted by Gasteiger charge is -2.15. The molecule has 0 saturated carbocycles. The maximum Gasteiger partial charge on any atom is 0.255 e. The van der Waals surface area contributed by atoms with E-state index in [1.165, 1.54) is 5.56 Å². The van der Waals surface area contributed by atoms with Crippen LogP contribution in [-0.2, 0) is 0 Å². The van der Waals surface area contributed by atoms with Crippen LogP contribution in [0.2, 0.25) is 0 Å². The standard InChI is InChI=1S/C20H25NO2/c1-4-14-23-17-12-10-16(11-13-17)20(22)21-19-9-7-6-8-18(19)15(3)5-2/h6-13,15H,4-5,14H2,1-3H3,(H,21,22). The Kier molecular flexibility index (Phi) is 6.21. The van der Waals surface area contributed by atoms with Gasteiger partial charge in [-0.3, -0.25) is 4.79 Å². The summed E-state index contributed by atoms with van der Waals surface area (Å²) >= 11 is 0. The summed E-state index contributed by atoms with van der Waals surface area (Å²) in [7, 11) is 0. The van der Waals surface area contributed by atoms with E-state index in [2.05, 4.69) is 32.2 Å². The number of para-hydroxylation sites is 1. The summed E-state index contributed by atoms with van der Waals surface area (Å²) in [5.41, 5.74) is 2.69. The summed E-state index contributed by atoms with van der Waals surface area (Å²) in [5, 5.41) is 3.02. The van der Waals surface area contributed by atoms with Crippen molar-refractivity contribution < 1.29 is 9.53 Å². The number of hydrogen-bond acceptors (Lipinski definition) is 2. The summed E-state index contributed by atoms with van der Waals surface area (Å²) in [6.45, 7) is 7.08. The molecule has 23 heavy (non-hydrogen) atoms. The minimum absolute atomic E-state index is 0.0946. The van der Waals surface area contributed by atoms with Gasteiger partial charge in [-0.25, -0.2) is 0 Å². The Balaban J connectivity index is 2.10. The van der Waals surface area contributed by atoms with Crippen molar-refractivity contribution in [3.8, 4) is 5.75 Å². The van der Waals surface area contributed by atoms with Gasteiger partial charge in [-0.2, -0.15) is 0 Å². The molecule has 3 nitrogen and oxygen atoms in total. The Morgan fingerprint density at radius 1 is 1.09 bits per heavy atom. The Labute approximate surface area is 138 Å². The second-order valence-corrected chi connectivity index (χ2v) is 5.72. The van der Waals surface area contributed by atoms with Gasteiger partial charge >= 0.3 is 0 Å². The number of benzene rings is 2. The molecule has 122 valence electrons. The number of hydrogen-bond donors (Lipinski definition) is 1. The highest BCUT2D eigenvalue weighted by Crippen LogP contribution is 2.27. The van der Waals surface area contributed by atoms with E-state index in [1.54, 1.807) is 12.1 Å². The zero-order valence-electron chi connectivity index (χ0n) is 14.1. The van der Waals surface area contributed by atoms with Gasteiger partial charge in [0.1, 0.15) is 5.75 Å². The molecule has 1 N–H and O–H groups in total. The fourth-order valence-electron chi connectivity index (χ4n) is 2.38. The van der Waals surface area contributed by atoms with Crippen molar-refractivity contribution in [2.45, 2.75) is 39.5 Å². The molecule has 3 heteroatoms. The molecule has 0 aliphatic carbocycles. The van der Waals surface area contributed by atoms with Crippen molar-refractivity contribution in [1.29, 1.82) is 0 Å². The first kappa shape index (κ1) is 17.1. The van der Waals surface area contributed by atoms with Crippen LogP contribution in [0.3, 0.4) is 0 Å². The maximum atomic E-state index is 12.5. The second-order valence-electron chi connectivity index (χ2n) is 5.72. The molecule has 0 bridgehead atoms. The van der Waals surface area contributed by atoms with E-state index in [9.17, 15) is 4.79 Å². The summed E-state index contributed by atoms with van der Waals surface area (Å²) in [4.78, 5) is 12.5. The largest absolute Gasteiger partial charge is 0.494 e. The van der Waals surface area contributed by atoms with E-state index >= 15 is 0 Å². The molecule has 0 heterocycles. The van der Waals surface area contributed by atoms with Gasteiger partial charge < -0.3 is 10.1 Å².